The summed E-state index contributed by atoms with van der Waals surface area (Å²) in [5.41, 5.74) is -1.50. The van der Waals surface area contributed by atoms with Crippen LogP contribution in [0.2, 0.25) is 0 Å². The maximum atomic E-state index is 12.6. The SMILES string of the molecule is CC(=O)OC[C@]1(CO)CC1(F)F. The van der Waals surface area contributed by atoms with E-state index in [1.54, 1.807) is 0 Å². The van der Waals surface area contributed by atoms with E-state index in [-0.39, 0.29) is 0 Å². The zero-order chi connectivity index (χ0) is 9.41. The van der Waals surface area contributed by atoms with Gasteiger partial charge < -0.3 is 9.84 Å². The van der Waals surface area contributed by atoms with Crippen LogP contribution in [0, 0.1) is 5.41 Å². The second kappa shape index (κ2) is 2.65. The van der Waals surface area contributed by atoms with Gasteiger partial charge in [0.1, 0.15) is 6.61 Å². The molecule has 3 nitrogen and oxygen atoms in total. The Balaban J connectivity index is 2.45. The number of carbonyl (C=O) groups excluding carboxylic acids is 1. The Morgan fingerprint density at radius 3 is 2.42 bits per heavy atom. The van der Waals surface area contributed by atoms with E-state index < -0.39 is 36.9 Å². The van der Waals surface area contributed by atoms with E-state index >= 15 is 0 Å². The summed E-state index contributed by atoms with van der Waals surface area (Å²) in [6.07, 6.45) is -0.399. The van der Waals surface area contributed by atoms with Gasteiger partial charge in [0, 0.05) is 13.3 Å². The van der Waals surface area contributed by atoms with E-state index in [0.29, 0.717) is 0 Å². The van der Waals surface area contributed by atoms with Gasteiger partial charge in [0.2, 0.25) is 0 Å². The first kappa shape index (κ1) is 9.38. The molecule has 0 unspecified atom stereocenters. The smallest absolute Gasteiger partial charge is 0.302 e. The first-order valence-electron chi connectivity index (χ1n) is 3.56. The first-order valence-corrected chi connectivity index (χ1v) is 3.56. The lowest BCUT2D eigenvalue weighted by atomic mass is 10.1. The molecule has 70 valence electrons. The van der Waals surface area contributed by atoms with Crippen molar-refractivity contribution in [3.8, 4) is 0 Å². The van der Waals surface area contributed by atoms with E-state index in [2.05, 4.69) is 4.74 Å². The van der Waals surface area contributed by atoms with Crippen molar-refractivity contribution >= 4 is 5.97 Å². The van der Waals surface area contributed by atoms with Crippen LogP contribution in [0.4, 0.5) is 8.78 Å². The van der Waals surface area contributed by atoms with Gasteiger partial charge in [0.05, 0.1) is 12.0 Å². The minimum absolute atomic E-state index is 0.397. The number of carbonyl (C=O) groups is 1. The molecular weight excluding hydrogens is 170 g/mol. The van der Waals surface area contributed by atoms with Crippen molar-refractivity contribution in [2.75, 3.05) is 13.2 Å². The molecule has 0 heterocycles. The Kier molecular flexibility index (Phi) is 2.07. The summed E-state index contributed by atoms with van der Waals surface area (Å²) in [6, 6.07) is 0. The van der Waals surface area contributed by atoms with Crippen molar-refractivity contribution in [2.24, 2.45) is 5.41 Å². The number of esters is 1. The van der Waals surface area contributed by atoms with Crippen LogP contribution in [0.15, 0.2) is 0 Å². The number of halogens is 2. The number of ether oxygens (including phenoxy) is 1. The van der Waals surface area contributed by atoms with Crippen LogP contribution in [0.25, 0.3) is 0 Å². The van der Waals surface area contributed by atoms with Crippen molar-refractivity contribution in [3.63, 3.8) is 0 Å². The molecule has 1 fully saturated rings. The predicted octanol–water partition coefficient (Wildman–Crippen LogP) is 0.567. The molecule has 0 amide bonds. The number of aliphatic hydroxyl groups excluding tert-OH is 1. The molecule has 0 aromatic carbocycles. The fourth-order valence-electron chi connectivity index (χ4n) is 0.994. The molecule has 1 N–H and O–H groups in total. The molecule has 0 spiro atoms. The summed E-state index contributed by atoms with van der Waals surface area (Å²) in [5.74, 6) is -3.48. The highest BCUT2D eigenvalue weighted by Gasteiger charge is 2.71. The van der Waals surface area contributed by atoms with E-state index in [9.17, 15) is 13.6 Å². The van der Waals surface area contributed by atoms with Gasteiger partial charge in [0.15, 0.2) is 0 Å². The molecular formula is C7H10F2O3. The second-order valence-electron chi connectivity index (χ2n) is 3.10. The Hall–Kier alpha value is -0.710. The molecule has 0 bridgehead atoms. The number of aliphatic hydroxyl groups is 1. The zero-order valence-corrected chi connectivity index (χ0v) is 6.64. The maximum absolute atomic E-state index is 12.6. The van der Waals surface area contributed by atoms with Gasteiger partial charge in [-0.2, -0.15) is 0 Å². The highest BCUT2D eigenvalue weighted by Crippen LogP contribution is 2.60. The van der Waals surface area contributed by atoms with Gasteiger partial charge in [-0.25, -0.2) is 8.78 Å². The predicted molar refractivity (Wildman–Crippen MR) is 35.7 cm³/mol. The molecule has 1 saturated carbocycles. The third-order valence-corrected chi connectivity index (χ3v) is 2.07. The lowest BCUT2D eigenvalue weighted by molar-refractivity contribution is -0.144. The minimum Gasteiger partial charge on any atom is -0.465 e. The summed E-state index contributed by atoms with van der Waals surface area (Å²) in [7, 11) is 0. The first-order chi connectivity index (χ1) is 5.43. The molecule has 5 heteroatoms. The van der Waals surface area contributed by atoms with E-state index in [4.69, 9.17) is 5.11 Å². The Morgan fingerprint density at radius 2 is 2.17 bits per heavy atom. The average Bonchev–Trinajstić information content (AvgIpc) is 2.51. The van der Waals surface area contributed by atoms with E-state index in [0.717, 1.165) is 6.92 Å². The largest absolute Gasteiger partial charge is 0.465 e. The van der Waals surface area contributed by atoms with Crippen LogP contribution in [0.1, 0.15) is 13.3 Å². The van der Waals surface area contributed by atoms with E-state index in [1.807, 2.05) is 0 Å². The summed E-state index contributed by atoms with van der Waals surface area (Å²) in [6.45, 7) is 0.102. The number of hydrogen-bond donors (Lipinski definition) is 1. The van der Waals surface area contributed by atoms with Crippen LogP contribution in [0.3, 0.4) is 0 Å². The van der Waals surface area contributed by atoms with Crippen molar-refractivity contribution in [2.45, 2.75) is 19.3 Å². The molecule has 0 aromatic rings. The number of rotatable bonds is 3. The van der Waals surface area contributed by atoms with Gasteiger partial charge in [0.25, 0.3) is 5.92 Å². The van der Waals surface area contributed by atoms with Gasteiger partial charge in [-0.05, 0) is 0 Å². The molecule has 1 rings (SSSR count). The molecule has 1 aliphatic carbocycles. The van der Waals surface area contributed by atoms with E-state index in [1.165, 1.54) is 0 Å². The Morgan fingerprint density at radius 1 is 1.67 bits per heavy atom. The van der Waals surface area contributed by atoms with Crippen LogP contribution in [-0.2, 0) is 9.53 Å². The minimum atomic E-state index is -2.88. The Bertz CT molecular complexity index is 205. The van der Waals surface area contributed by atoms with Crippen molar-refractivity contribution in [1.82, 2.24) is 0 Å². The zero-order valence-electron chi connectivity index (χ0n) is 6.64. The van der Waals surface area contributed by atoms with Gasteiger partial charge in [-0.15, -0.1) is 0 Å². The summed E-state index contributed by atoms with van der Waals surface area (Å²) < 4.78 is 29.5. The van der Waals surface area contributed by atoms with Gasteiger partial charge >= 0.3 is 5.97 Å². The van der Waals surface area contributed by atoms with Crippen LogP contribution in [0.5, 0.6) is 0 Å². The number of hydrogen-bond acceptors (Lipinski definition) is 3. The van der Waals surface area contributed by atoms with Crippen molar-refractivity contribution < 1.29 is 23.4 Å². The Labute approximate surface area is 68.3 Å². The molecule has 0 aromatic heterocycles. The van der Waals surface area contributed by atoms with Gasteiger partial charge in [-0.3, -0.25) is 4.79 Å². The summed E-state index contributed by atoms with van der Waals surface area (Å²) in [4.78, 5) is 10.3. The topological polar surface area (TPSA) is 46.5 Å². The highest BCUT2D eigenvalue weighted by molar-refractivity contribution is 5.66. The molecule has 0 radical (unpaired) electrons. The molecule has 0 saturated heterocycles. The lowest BCUT2D eigenvalue weighted by Crippen LogP contribution is -2.23. The van der Waals surface area contributed by atoms with Crippen LogP contribution < -0.4 is 0 Å². The third-order valence-electron chi connectivity index (χ3n) is 2.07. The molecule has 0 aliphatic heterocycles. The van der Waals surface area contributed by atoms with Crippen LogP contribution in [-0.4, -0.2) is 30.2 Å². The molecule has 12 heavy (non-hydrogen) atoms. The highest BCUT2D eigenvalue weighted by atomic mass is 19.3. The standard InChI is InChI=1S/C7H10F2O3/c1-5(11)12-4-6(3-10)2-7(6,8)9/h10H,2-4H2,1H3/t6-/m1/s1. The number of alkyl halides is 2. The molecule has 1 atom stereocenters. The summed E-state index contributed by atoms with van der Waals surface area (Å²) in [5, 5.41) is 8.63. The van der Waals surface area contributed by atoms with Crippen molar-refractivity contribution in [1.29, 1.82) is 0 Å². The quantitative estimate of drug-likeness (QED) is 0.646. The average molecular weight is 180 g/mol. The monoisotopic (exact) mass is 180 g/mol. The fraction of sp³-hybridized carbons (Fsp3) is 0.857. The van der Waals surface area contributed by atoms with Gasteiger partial charge in [-0.1, -0.05) is 0 Å². The second-order valence-corrected chi connectivity index (χ2v) is 3.10. The van der Waals surface area contributed by atoms with Crippen molar-refractivity contribution in [3.05, 3.63) is 0 Å². The maximum Gasteiger partial charge on any atom is 0.302 e. The third kappa shape index (κ3) is 1.41. The summed E-state index contributed by atoms with van der Waals surface area (Å²) >= 11 is 0. The molecule has 1 aliphatic rings. The van der Waals surface area contributed by atoms with Crippen LogP contribution >= 0.6 is 0 Å². The lowest BCUT2D eigenvalue weighted by Gasteiger charge is -2.11. The fourth-order valence-corrected chi connectivity index (χ4v) is 0.994. The normalized spacial score (nSPS) is 31.3.